The molecule has 0 aromatic heterocycles. The second-order valence-electron chi connectivity index (χ2n) is 8.57. The van der Waals surface area contributed by atoms with Crippen LogP contribution >= 0.6 is 0 Å². The Balaban J connectivity index is 1.88. The molecule has 28 heavy (non-hydrogen) atoms. The van der Waals surface area contributed by atoms with E-state index in [2.05, 4.69) is 41.6 Å². The molecule has 0 saturated carbocycles. The number of anilines is 1. The molecule has 1 aromatic rings. The molecule has 6 nitrogen and oxygen atoms in total. The quantitative estimate of drug-likeness (QED) is 0.667. The van der Waals surface area contributed by atoms with Crippen LogP contribution in [0.5, 0.6) is 0 Å². The van der Waals surface area contributed by atoms with Crippen LogP contribution in [0.2, 0.25) is 0 Å². The van der Waals surface area contributed by atoms with Crippen LogP contribution in [-0.4, -0.2) is 48.6 Å². The van der Waals surface area contributed by atoms with Crippen molar-refractivity contribution < 1.29 is 9.59 Å². The predicted octanol–water partition coefficient (Wildman–Crippen LogP) is 3.70. The number of piperidine rings is 1. The first kappa shape index (κ1) is 22.2. The standard InChI is InChI=1S/C22H36N4O2/c1-15(2)20(26-12-10-17(5)11-13-26)14-23-21(27)18-6-8-19(9-7-18)25-22(28)24-16(3)4/h6-9,15-17,20H,10-14H2,1-5H3,(H,23,27)(H2,24,25,28). The summed E-state index contributed by atoms with van der Waals surface area (Å²) >= 11 is 0. The third-order valence-corrected chi connectivity index (χ3v) is 5.35. The summed E-state index contributed by atoms with van der Waals surface area (Å²) in [5.41, 5.74) is 1.27. The van der Waals surface area contributed by atoms with Gasteiger partial charge in [-0.05, 0) is 75.9 Å². The number of nitrogens with zero attached hydrogens (tertiary/aromatic N) is 1. The van der Waals surface area contributed by atoms with Crippen molar-refractivity contribution in [2.45, 2.75) is 59.5 Å². The van der Waals surface area contributed by atoms with E-state index < -0.39 is 0 Å². The maximum Gasteiger partial charge on any atom is 0.319 e. The van der Waals surface area contributed by atoms with Crippen LogP contribution in [-0.2, 0) is 0 Å². The topological polar surface area (TPSA) is 73.5 Å². The van der Waals surface area contributed by atoms with Crippen molar-refractivity contribution in [3.05, 3.63) is 29.8 Å². The largest absolute Gasteiger partial charge is 0.350 e. The number of nitrogens with one attached hydrogen (secondary N) is 3. The number of carbonyl (C=O) groups excluding carboxylic acids is 2. The van der Waals surface area contributed by atoms with Crippen molar-refractivity contribution in [3.63, 3.8) is 0 Å². The van der Waals surface area contributed by atoms with Crippen LogP contribution in [0.4, 0.5) is 10.5 Å². The van der Waals surface area contributed by atoms with E-state index in [4.69, 9.17) is 0 Å². The number of urea groups is 1. The second-order valence-corrected chi connectivity index (χ2v) is 8.57. The van der Waals surface area contributed by atoms with Crippen molar-refractivity contribution >= 4 is 17.6 Å². The summed E-state index contributed by atoms with van der Waals surface area (Å²) in [6.07, 6.45) is 2.46. The molecule has 1 aliphatic rings. The van der Waals surface area contributed by atoms with Gasteiger partial charge in [0, 0.05) is 29.9 Å². The predicted molar refractivity (Wildman–Crippen MR) is 115 cm³/mol. The summed E-state index contributed by atoms with van der Waals surface area (Å²) in [5, 5.41) is 8.63. The van der Waals surface area contributed by atoms with E-state index in [1.807, 2.05) is 13.8 Å². The normalized spacial score (nSPS) is 16.8. The van der Waals surface area contributed by atoms with E-state index in [1.54, 1.807) is 24.3 Å². The van der Waals surface area contributed by atoms with Crippen LogP contribution in [0, 0.1) is 11.8 Å². The summed E-state index contributed by atoms with van der Waals surface area (Å²) < 4.78 is 0. The number of rotatable bonds is 7. The van der Waals surface area contributed by atoms with Gasteiger partial charge in [0.15, 0.2) is 0 Å². The molecule has 0 bridgehead atoms. The van der Waals surface area contributed by atoms with E-state index in [0.717, 1.165) is 19.0 Å². The lowest BCUT2D eigenvalue weighted by Gasteiger charge is -2.38. The highest BCUT2D eigenvalue weighted by Crippen LogP contribution is 2.21. The van der Waals surface area contributed by atoms with Crippen LogP contribution in [0.3, 0.4) is 0 Å². The van der Waals surface area contributed by atoms with Crippen LogP contribution in [0.1, 0.15) is 57.8 Å². The summed E-state index contributed by atoms with van der Waals surface area (Å²) in [4.78, 5) is 26.8. The Bertz CT molecular complexity index is 634. The average Bonchev–Trinajstić information content (AvgIpc) is 2.62. The SMILES string of the molecule is CC1CCN(C(CNC(=O)c2ccc(NC(=O)NC(C)C)cc2)C(C)C)CC1. The van der Waals surface area contributed by atoms with Gasteiger partial charge in [0.25, 0.3) is 5.91 Å². The third-order valence-electron chi connectivity index (χ3n) is 5.35. The molecular formula is C22H36N4O2. The maximum atomic E-state index is 12.6. The molecule has 3 amide bonds. The van der Waals surface area contributed by atoms with E-state index in [9.17, 15) is 9.59 Å². The zero-order chi connectivity index (χ0) is 20.7. The maximum absolute atomic E-state index is 12.6. The molecule has 1 saturated heterocycles. The van der Waals surface area contributed by atoms with E-state index in [-0.39, 0.29) is 18.0 Å². The molecule has 1 heterocycles. The Morgan fingerprint density at radius 1 is 1.07 bits per heavy atom. The molecule has 1 atom stereocenters. The number of amides is 3. The molecular weight excluding hydrogens is 352 g/mol. The molecule has 0 aliphatic carbocycles. The van der Waals surface area contributed by atoms with Gasteiger partial charge in [-0.3, -0.25) is 9.69 Å². The summed E-state index contributed by atoms with van der Waals surface area (Å²) in [6.45, 7) is 13.4. The van der Waals surface area contributed by atoms with Gasteiger partial charge in [0.05, 0.1) is 0 Å². The first-order valence-corrected chi connectivity index (χ1v) is 10.5. The van der Waals surface area contributed by atoms with Gasteiger partial charge in [-0.2, -0.15) is 0 Å². The first-order chi connectivity index (χ1) is 13.3. The van der Waals surface area contributed by atoms with Gasteiger partial charge in [0.1, 0.15) is 0 Å². The van der Waals surface area contributed by atoms with Crippen molar-refractivity contribution in [2.75, 3.05) is 25.0 Å². The molecule has 1 unspecified atom stereocenters. The number of hydrogen-bond acceptors (Lipinski definition) is 3. The summed E-state index contributed by atoms with van der Waals surface area (Å²) in [6, 6.07) is 7.17. The lowest BCUT2D eigenvalue weighted by molar-refractivity contribution is 0.0863. The zero-order valence-corrected chi connectivity index (χ0v) is 17.9. The monoisotopic (exact) mass is 388 g/mol. The lowest BCUT2D eigenvalue weighted by atomic mass is 9.94. The van der Waals surface area contributed by atoms with Gasteiger partial charge in [-0.15, -0.1) is 0 Å². The molecule has 1 aromatic carbocycles. The van der Waals surface area contributed by atoms with Crippen LogP contribution < -0.4 is 16.0 Å². The van der Waals surface area contributed by atoms with Gasteiger partial charge in [0.2, 0.25) is 0 Å². The molecule has 1 fully saturated rings. The Morgan fingerprint density at radius 2 is 1.68 bits per heavy atom. The highest BCUT2D eigenvalue weighted by atomic mass is 16.2. The Kier molecular flexibility index (Phi) is 8.30. The van der Waals surface area contributed by atoms with Crippen molar-refractivity contribution in [1.29, 1.82) is 0 Å². The van der Waals surface area contributed by atoms with E-state index in [1.165, 1.54) is 12.8 Å². The van der Waals surface area contributed by atoms with E-state index in [0.29, 0.717) is 29.8 Å². The Labute approximate surface area is 169 Å². The first-order valence-electron chi connectivity index (χ1n) is 10.5. The number of hydrogen-bond donors (Lipinski definition) is 3. The fourth-order valence-corrected chi connectivity index (χ4v) is 3.58. The fraction of sp³-hybridized carbons (Fsp3) is 0.636. The number of carbonyl (C=O) groups is 2. The third kappa shape index (κ3) is 6.82. The molecule has 6 heteroatoms. The van der Waals surface area contributed by atoms with Crippen molar-refractivity contribution in [3.8, 4) is 0 Å². The average molecular weight is 389 g/mol. The number of benzene rings is 1. The molecule has 0 spiro atoms. The van der Waals surface area contributed by atoms with Gasteiger partial charge < -0.3 is 16.0 Å². The fourth-order valence-electron chi connectivity index (χ4n) is 3.58. The van der Waals surface area contributed by atoms with Gasteiger partial charge in [-0.1, -0.05) is 20.8 Å². The molecule has 0 radical (unpaired) electrons. The second kappa shape index (κ2) is 10.5. The highest BCUT2D eigenvalue weighted by molar-refractivity contribution is 5.95. The summed E-state index contributed by atoms with van der Waals surface area (Å²) in [5.74, 6) is 1.21. The minimum absolute atomic E-state index is 0.0714. The van der Waals surface area contributed by atoms with E-state index >= 15 is 0 Å². The van der Waals surface area contributed by atoms with Gasteiger partial charge >= 0.3 is 6.03 Å². The molecule has 1 aliphatic heterocycles. The van der Waals surface area contributed by atoms with Crippen molar-refractivity contribution in [2.24, 2.45) is 11.8 Å². The highest BCUT2D eigenvalue weighted by Gasteiger charge is 2.26. The zero-order valence-electron chi connectivity index (χ0n) is 17.9. The van der Waals surface area contributed by atoms with Crippen molar-refractivity contribution in [1.82, 2.24) is 15.5 Å². The smallest absolute Gasteiger partial charge is 0.319 e. The summed E-state index contributed by atoms with van der Waals surface area (Å²) in [7, 11) is 0. The number of likely N-dealkylation sites (tertiary alicyclic amines) is 1. The van der Waals surface area contributed by atoms with Crippen LogP contribution in [0.15, 0.2) is 24.3 Å². The molecule has 156 valence electrons. The molecule has 2 rings (SSSR count). The minimum Gasteiger partial charge on any atom is -0.350 e. The minimum atomic E-state index is -0.247. The Hall–Kier alpha value is -2.08. The van der Waals surface area contributed by atoms with Gasteiger partial charge in [-0.25, -0.2) is 4.79 Å². The Morgan fingerprint density at radius 3 is 2.21 bits per heavy atom. The van der Waals surface area contributed by atoms with Crippen LogP contribution in [0.25, 0.3) is 0 Å². The molecule has 3 N–H and O–H groups in total. The lowest BCUT2D eigenvalue weighted by Crippen LogP contribution is -2.49.